The van der Waals surface area contributed by atoms with Crippen molar-refractivity contribution in [3.8, 4) is 0 Å². The number of benzene rings is 1. The molecule has 1 N–H and O–H groups in total. The van der Waals surface area contributed by atoms with Gasteiger partial charge in [-0.05, 0) is 37.1 Å². The number of rotatable bonds is 6. The first-order chi connectivity index (χ1) is 9.60. The average Bonchev–Trinajstić information content (AvgIpc) is 2.81. The lowest BCUT2D eigenvalue weighted by atomic mass is 10.1. The van der Waals surface area contributed by atoms with Gasteiger partial charge in [0.05, 0.1) is 6.61 Å². The van der Waals surface area contributed by atoms with Gasteiger partial charge in [-0.2, -0.15) is 0 Å². The molecule has 6 nitrogen and oxygen atoms in total. The van der Waals surface area contributed by atoms with Gasteiger partial charge in [-0.1, -0.05) is 6.07 Å². The van der Waals surface area contributed by atoms with Gasteiger partial charge in [0.25, 0.3) is 0 Å². The third-order valence-corrected chi connectivity index (χ3v) is 2.99. The molecule has 0 aliphatic carbocycles. The predicted octanol–water partition coefficient (Wildman–Crippen LogP) is 2.55. The number of carbonyl (C=O) groups is 1. The van der Waals surface area contributed by atoms with E-state index in [0.29, 0.717) is 25.1 Å². The highest BCUT2D eigenvalue weighted by Crippen LogP contribution is 2.18. The minimum Gasteiger partial charge on any atom is -0.461 e. The van der Waals surface area contributed by atoms with Crippen LogP contribution in [-0.4, -0.2) is 29.0 Å². The van der Waals surface area contributed by atoms with Gasteiger partial charge in [0, 0.05) is 22.2 Å². The van der Waals surface area contributed by atoms with Crippen molar-refractivity contribution < 1.29 is 14.5 Å². The standard InChI is InChI=1S/C14H16N2O4/c1-2-20-14(17)13-9-11-8-10(4-3-7-16(18)19)5-6-12(11)15-13/h5-6,8-9,15H,2-4,7H2,1H3. The summed E-state index contributed by atoms with van der Waals surface area (Å²) in [4.78, 5) is 24.6. The Morgan fingerprint density at radius 2 is 2.20 bits per heavy atom. The quantitative estimate of drug-likeness (QED) is 0.499. The third kappa shape index (κ3) is 3.34. The Hall–Kier alpha value is -2.37. The number of nitrogens with one attached hydrogen (secondary N) is 1. The lowest BCUT2D eigenvalue weighted by Crippen LogP contribution is -2.04. The third-order valence-electron chi connectivity index (χ3n) is 2.99. The highest BCUT2D eigenvalue weighted by molar-refractivity contribution is 5.94. The summed E-state index contributed by atoms with van der Waals surface area (Å²) in [5.41, 5.74) is 2.30. The number of hydrogen-bond donors (Lipinski definition) is 1. The van der Waals surface area contributed by atoms with Crippen molar-refractivity contribution in [3.63, 3.8) is 0 Å². The molecule has 1 aromatic carbocycles. The minimum atomic E-state index is -0.376. The molecular formula is C14H16N2O4. The summed E-state index contributed by atoms with van der Waals surface area (Å²) < 4.78 is 4.93. The summed E-state index contributed by atoms with van der Waals surface area (Å²) in [6.45, 7) is 2.06. The van der Waals surface area contributed by atoms with Gasteiger partial charge in [-0.25, -0.2) is 4.79 Å². The minimum absolute atomic E-state index is 0.0285. The van der Waals surface area contributed by atoms with Crippen LogP contribution in [-0.2, 0) is 11.2 Å². The van der Waals surface area contributed by atoms with E-state index >= 15 is 0 Å². The zero-order chi connectivity index (χ0) is 14.5. The Balaban J connectivity index is 2.13. The summed E-state index contributed by atoms with van der Waals surface area (Å²) in [5.74, 6) is -0.376. The summed E-state index contributed by atoms with van der Waals surface area (Å²) in [7, 11) is 0. The molecule has 0 aliphatic rings. The SMILES string of the molecule is CCOC(=O)c1cc2cc(CCC[N+](=O)[O-])ccc2[nH]1. The van der Waals surface area contributed by atoms with Crippen LogP contribution in [0.15, 0.2) is 24.3 Å². The van der Waals surface area contributed by atoms with Crippen LogP contribution in [0.4, 0.5) is 0 Å². The van der Waals surface area contributed by atoms with E-state index in [4.69, 9.17) is 4.74 Å². The first-order valence-corrected chi connectivity index (χ1v) is 6.50. The van der Waals surface area contributed by atoms with E-state index in [1.807, 2.05) is 18.2 Å². The van der Waals surface area contributed by atoms with Gasteiger partial charge in [-0.15, -0.1) is 0 Å². The molecule has 0 saturated heterocycles. The Morgan fingerprint density at radius 3 is 2.90 bits per heavy atom. The van der Waals surface area contributed by atoms with Crippen molar-refractivity contribution in [2.75, 3.05) is 13.2 Å². The van der Waals surface area contributed by atoms with Gasteiger partial charge in [0.15, 0.2) is 0 Å². The lowest BCUT2D eigenvalue weighted by molar-refractivity contribution is -0.480. The molecule has 20 heavy (non-hydrogen) atoms. The molecule has 6 heteroatoms. The van der Waals surface area contributed by atoms with Gasteiger partial charge < -0.3 is 9.72 Å². The molecule has 0 atom stereocenters. The van der Waals surface area contributed by atoms with Crippen molar-refractivity contribution in [2.24, 2.45) is 0 Å². The fourth-order valence-corrected chi connectivity index (χ4v) is 2.07. The molecular weight excluding hydrogens is 260 g/mol. The topological polar surface area (TPSA) is 85.2 Å². The second-order valence-corrected chi connectivity index (χ2v) is 4.48. The highest BCUT2D eigenvalue weighted by Gasteiger charge is 2.10. The van der Waals surface area contributed by atoms with Crippen molar-refractivity contribution in [1.29, 1.82) is 0 Å². The van der Waals surface area contributed by atoms with E-state index in [0.717, 1.165) is 16.5 Å². The summed E-state index contributed by atoms with van der Waals surface area (Å²) in [5, 5.41) is 11.2. The molecule has 0 aliphatic heterocycles. The molecule has 0 bridgehead atoms. The smallest absolute Gasteiger partial charge is 0.354 e. The molecule has 0 amide bonds. The summed E-state index contributed by atoms with van der Waals surface area (Å²) >= 11 is 0. The number of esters is 1. The molecule has 0 saturated carbocycles. The number of carbonyl (C=O) groups excluding carboxylic acids is 1. The molecule has 0 spiro atoms. The highest BCUT2D eigenvalue weighted by atomic mass is 16.6. The Labute approximate surface area is 115 Å². The fourth-order valence-electron chi connectivity index (χ4n) is 2.07. The number of nitro groups is 1. The zero-order valence-corrected chi connectivity index (χ0v) is 11.2. The molecule has 2 aromatic rings. The van der Waals surface area contributed by atoms with Crippen molar-refractivity contribution in [2.45, 2.75) is 19.8 Å². The van der Waals surface area contributed by atoms with Crippen LogP contribution in [0.5, 0.6) is 0 Å². The number of aromatic amines is 1. The van der Waals surface area contributed by atoms with E-state index < -0.39 is 0 Å². The van der Waals surface area contributed by atoms with Crippen LogP contribution in [0, 0.1) is 10.1 Å². The molecule has 1 heterocycles. The number of H-pyrrole nitrogens is 1. The van der Waals surface area contributed by atoms with Crippen LogP contribution in [0.25, 0.3) is 10.9 Å². The van der Waals surface area contributed by atoms with Crippen LogP contribution in [0.3, 0.4) is 0 Å². The van der Waals surface area contributed by atoms with E-state index in [9.17, 15) is 14.9 Å². The van der Waals surface area contributed by atoms with Crippen LogP contribution < -0.4 is 0 Å². The van der Waals surface area contributed by atoms with Gasteiger partial charge in [-0.3, -0.25) is 10.1 Å². The van der Waals surface area contributed by atoms with Crippen LogP contribution >= 0.6 is 0 Å². The van der Waals surface area contributed by atoms with Crippen LogP contribution in [0.1, 0.15) is 29.4 Å². The van der Waals surface area contributed by atoms with E-state index in [1.54, 1.807) is 13.0 Å². The monoisotopic (exact) mass is 276 g/mol. The first-order valence-electron chi connectivity index (χ1n) is 6.50. The van der Waals surface area contributed by atoms with Gasteiger partial charge in [0.1, 0.15) is 5.69 Å². The summed E-state index contributed by atoms with van der Waals surface area (Å²) in [6, 6.07) is 7.46. The molecule has 0 unspecified atom stereocenters. The van der Waals surface area contributed by atoms with Crippen molar-refractivity contribution in [3.05, 3.63) is 45.6 Å². The maximum absolute atomic E-state index is 11.6. The number of ether oxygens (including phenoxy) is 1. The Bertz CT molecular complexity index is 633. The largest absolute Gasteiger partial charge is 0.461 e. The number of aryl methyl sites for hydroxylation is 1. The number of fused-ring (bicyclic) bond motifs is 1. The summed E-state index contributed by atoms with van der Waals surface area (Å²) in [6.07, 6.45) is 1.16. The molecule has 2 rings (SSSR count). The van der Waals surface area contributed by atoms with E-state index in [2.05, 4.69) is 4.98 Å². The Morgan fingerprint density at radius 1 is 1.40 bits per heavy atom. The normalized spacial score (nSPS) is 10.7. The average molecular weight is 276 g/mol. The fraction of sp³-hybridized carbons (Fsp3) is 0.357. The maximum atomic E-state index is 11.6. The molecule has 106 valence electrons. The Kier molecular flexibility index (Phi) is 4.34. The van der Waals surface area contributed by atoms with Gasteiger partial charge >= 0.3 is 5.97 Å². The zero-order valence-electron chi connectivity index (χ0n) is 11.2. The number of nitrogens with zero attached hydrogens (tertiary/aromatic N) is 1. The predicted molar refractivity (Wildman–Crippen MR) is 74.4 cm³/mol. The van der Waals surface area contributed by atoms with Gasteiger partial charge in [0.2, 0.25) is 6.54 Å². The first kappa shape index (κ1) is 14.0. The van der Waals surface area contributed by atoms with E-state index in [-0.39, 0.29) is 17.4 Å². The molecule has 0 fully saturated rings. The second kappa shape index (κ2) is 6.18. The molecule has 1 aromatic heterocycles. The maximum Gasteiger partial charge on any atom is 0.354 e. The lowest BCUT2D eigenvalue weighted by Gasteiger charge is -1.99. The second-order valence-electron chi connectivity index (χ2n) is 4.48. The van der Waals surface area contributed by atoms with Crippen molar-refractivity contribution in [1.82, 2.24) is 4.98 Å². The number of aromatic nitrogens is 1. The van der Waals surface area contributed by atoms with Crippen molar-refractivity contribution >= 4 is 16.9 Å². The van der Waals surface area contributed by atoms with Crippen LogP contribution in [0.2, 0.25) is 0 Å². The molecule has 0 radical (unpaired) electrons. The van der Waals surface area contributed by atoms with E-state index in [1.165, 1.54) is 0 Å². The number of hydrogen-bond acceptors (Lipinski definition) is 4.